The predicted molar refractivity (Wildman–Crippen MR) is 119 cm³/mol. The number of nitrogens with one attached hydrogen (secondary N) is 1. The molecule has 1 amide bonds. The lowest BCUT2D eigenvalue weighted by molar-refractivity contribution is -0.120. The number of piperidine rings is 1. The van der Waals surface area contributed by atoms with E-state index in [-0.39, 0.29) is 11.8 Å². The summed E-state index contributed by atoms with van der Waals surface area (Å²) in [5, 5.41) is 3.05. The summed E-state index contributed by atoms with van der Waals surface area (Å²) in [7, 11) is 0. The highest BCUT2D eigenvalue weighted by atomic mass is 16.4. The van der Waals surface area contributed by atoms with Crippen LogP contribution < -0.4 is 10.2 Å². The van der Waals surface area contributed by atoms with Gasteiger partial charge in [-0.05, 0) is 55.7 Å². The minimum Gasteiger partial charge on any atom is -0.441 e. The lowest BCUT2D eigenvalue weighted by atomic mass is 9.95. The summed E-state index contributed by atoms with van der Waals surface area (Å²) in [5.74, 6) is 2.87. The van der Waals surface area contributed by atoms with Crippen molar-refractivity contribution in [1.29, 1.82) is 0 Å². The Kier molecular flexibility index (Phi) is 5.84. The van der Waals surface area contributed by atoms with Crippen LogP contribution in [0.15, 0.2) is 53.2 Å². The van der Waals surface area contributed by atoms with Gasteiger partial charge in [0.1, 0.15) is 11.6 Å². The monoisotopic (exact) mass is 404 g/mol. The van der Waals surface area contributed by atoms with E-state index in [9.17, 15) is 4.79 Å². The molecule has 1 aliphatic heterocycles. The van der Waals surface area contributed by atoms with Gasteiger partial charge in [0.15, 0.2) is 0 Å². The lowest BCUT2D eigenvalue weighted by Gasteiger charge is -2.32. The first-order chi connectivity index (χ1) is 14.5. The van der Waals surface area contributed by atoms with Crippen LogP contribution in [0.3, 0.4) is 0 Å². The van der Waals surface area contributed by atoms with Gasteiger partial charge >= 0.3 is 0 Å². The number of benzene rings is 1. The largest absolute Gasteiger partial charge is 0.441 e. The van der Waals surface area contributed by atoms with Crippen LogP contribution in [0.4, 0.5) is 11.5 Å². The fourth-order valence-corrected chi connectivity index (χ4v) is 3.65. The molecule has 2 aromatic heterocycles. The number of hydrogen-bond acceptors (Lipinski definition) is 5. The minimum absolute atomic E-state index is 0.0201. The smallest absolute Gasteiger partial charge is 0.227 e. The zero-order chi connectivity index (χ0) is 21.1. The maximum Gasteiger partial charge on any atom is 0.227 e. The number of anilines is 2. The first-order valence-corrected chi connectivity index (χ1v) is 10.5. The molecule has 4 rings (SSSR count). The van der Waals surface area contributed by atoms with E-state index < -0.39 is 0 Å². The number of rotatable bonds is 5. The number of hydrogen-bond donors (Lipinski definition) is 1. The Morgan fingerprint density at radius 1 is 1.07 bits per heavy atom. The van der Waals surface area contributed by atoms with Gasteiger partial charge in [0, 0.05) is 42.4 Å². The Morgan fingerprint density at radius 2 is 1.80 bits per heavy atom. The molecule has 1 N–H and O–H groups in total. The van der Waals surface area contributed by atoms with Gasteiger partial charge in [-0.1, -0.05) is 19.9 Å². The first-order valence-electron chi connectivity index (χ1n) is 10.5. The average molecular weight is 405 g/mol. The second-order valence-electron chi connectivity index (χ2n) is 8.24. The molecule has 1 aliphatic rings. The van der Waals surface area contributed by atoms with Crippen LogP contribution in [-0.4, -0.2) is 29.0 Å². The summed E-state index contributed by atoms with van der Waals surface area (Å²) in [6.45, 7) is 7.87. The van der Waals surface area contributed by atoms with Crippen molar-refractivity contribution in [2.45, 2.75) is 39.5 Å². The molecule has 0 saturated carbocycles. The summed E-state index contributed by atoms with van der Waals surface area (Å²) in [5.41, 5.74) is 2.85. The molecule has 6 heteroatoms. The third-order valence-corrected chi connectivity index (χ3v) is 5.58. The highest BCUT2D eigenvalue weighted by Gasteiger charge is 2.25. The van der Waals surface area contributed by atoms with E-state index in [0.29, 0.717) is 11.8 Å². The van der Waals surface area contributed by atoms with E-state index in [1.807, 2.05) is 37.4 Å². The van der Waals surface area contributed by atoms with Gasteiger partial charge in [0.25, 0.3) is 0 Å². The van der Waals surface area contributed by atoms with Crippen molar-refractivity contribution in [1.82, 2.24) is 9.97 Å². The van der Waals surface area contributed by atoms with E-state index in [0.717, 1.165) is 54.3 Å². The maximum absolute atomic E-state index is 12.7. The van der Waals surface area contributed by atoms with Crippen LogP contribution >= 0.6 is 0 Å². The van der Waals surface area contributed by atoms with Crippen LogP contribution in [0, 0.1) is 12.8 Å². The number of amides is 1. The third-order valence-electron chi connectivity index (χ3n) is 5.58. The topological polar surface area (TPSA) is 71.3 Å². The predicted octanol–water partition coefficient (Wildman–Crippen LogP) is 5.02. The molecule has 30 heavy (non-hydrogen) atoms. The Bertz CT molecular complexity index is 985. The van der Waals surface area contributed by atoms with Crippen LogP contribution in [0.2, 0.25) is 0 Å². The molecule has 156 valence electrons. The molecular weight excluding hydrogens is 376 g/mol. The van der Waals surface area contributed by atoms with E-state index in [4.69, 9.17) is 4.42 Å². The standard InChI is InChI=1S/C24H28N4O2/c1-16(2)21-15-26-24(30-21)19-5-7-20(8-6-19)27-23(29)18-10-12-28(13-11-18)22-9-4-17(3)14-25-22/h4-9,14-16,18H,10-13H2,1-3H3,(H,27,29). The lowest BCUT2D eigenvalue weighted by Crippen LogP contribution is -2.38. The number of oxazole rings is 1. The van der Waals surface area contributed by atoms with Crippen molar-refractivity contribution in [2.75, 3.05) is 23.3 Å². The van der Waals surface area contributed by atoms with Crippen LogP contribution in [0.5, 0.6) is 0 Å². The molecular formula is C24H28N4O2. The average Bonchev–Trinajstić information content (AvgIpc) is 3.26. The van der Waals surface area contributed by atoms with Gasteiger partial charge in [-0.15, -0.1) is 0 Å². The third kappa shape index (κ3) is 4.53. The van der Waals surface area contributed by atoms with Crippen molar-refractivity contribution in [3.05, 3.63) is 60.1 Å². The normalized spacial score (nSPS) is 14.9. The van der Waals surface area contributed by atoms with Gasteiger partial charge < -0.3 is 14.6 Å². The Balaban J connectivity index is 1.32. The molecule has 0 bridgehead atoms. The van der Waals surface area contributed by atoms with Crippen LogP contribution in [0.1, 0.15) is 43.9 Å². The number of carbonyl (C=O) groups is 1. The number of aryl methyl sites for hydroxylation is 1. The van der Waals surface area contributed by atoms with Crippen molar-refractivity contribution in [2.24, 2.45) is 5.92 Å². The van der Waals surface area contributed by atoms with Crippen molar-refractivity contribution in [3.63, 3.8) is 0 Å². The van der Waals surface area contributed by atoms with E-state index >= 15 is 0 Å². The van der Waals surface area contributed by atoms with E-state index in [1.165, 1.54) is 0 Å². The van der Waals surface area contributed by atoms with Crippen LogP contribution in [-0.2, 0) is 4.79 Å². The quantitative estimate of drug-likeness (QED) is 0.646. The highest BCUT2D eigenvalue weighted by Crippen LogP contribution is 2.26. The molecule has 3 heterocycles. The molecule has 6 nitrogen and oxygen atoms in total. The first kappa shape index (κ1) is 20.1. The van der Waals surface area contributed by atoms with Crippen molar-refractivity contribution in [3.8, 4) is 11.5 Å². The highest BCUT2D eigenvalue weighted by molar-refractivity contribution is 5.92. The summed E-state index contributed by atoms with van der Waals surface area (Å²) in [6.07, 6.45) is 5.31. The second kappa shape index (κ2) is 8.69. The molecule has 1 saturated heterocycles. The Labute approximate surface area is 177 Å². The van der Waals surface area contributed by atoms with Crippen LogP contribution in [0.25, 0.3) is 11.5 Å². The van der Waals surface area contributed by atoms with Gasteiger partial charge in [0.2, 0.25) is 11.8 Å². The van der Waals surface area contributed by atoms with E-state index in [2.05, 4.69) is 46.2 Å². The number of aromatic nitrogens is 2. The molecule has 1 fully saturated rings. The number of carbonyl (C=O) groups excluding carboxylic acids is 1. The van der Waals surface area contributed by atoms with Gasteiger partial charge in [0.05, 0.1) is 6.20 Å². The van der Waals surface area contributed by atoms with Gasteiger partial charge in [-0.25, -0.2) is 9.97 Å². The Morgan fingerprint density at radius 3 is 2.40 bits per heavy atom. The SMILES string of the molecule is Cc1ccc(N2CCC(C(=O)Nc3ccc(-c4ncc(C(C)C)o4)cc3)CC2)nc1. The molecule has 0 radical (unpaired) electrons. The number of nitrogens with zero attached hydrogens (tertiary/aromatic N) is 3. The molecule has 0 unspecified atom stereocenters. The van der Waals surface area contributed by atoms with Crippen molar-refractivity contribution < 1.29 is 9.21 Å². The number of pyridine rings is 1. The van der Waals surface area contributed by atoms with Gasteiger partial charge in [-0.3, -0.25) is 4.79 Å². The second-order valence-corrected chi connectivity index (χ2v) is 8.24. The summed E-state index contributed by atoms with van der Waals surface area (Å²) >= 11 is 0. The molecule has 1 aromatic carbocycles. The molecule has 3 aromatic rings. The molecule has 0 atom stereocenters. The fourth-order valence-electron chi connectivity index (χ4n) is 3.65. The maximum atomic E-state index is 12.7. The molecule has 0 spiro atoms. The zero-order valence-corrected chi connectivity index (χ0v) is 17.8. The Hall–Kier alpha value is -3.15. The minimum atomic E-state index is 0.0201. The fraction of sp³-hybridized carbons (Fsp3) is 0.375. The molecule has 0 aliphatic carbocycles. The summed E-state index contributed by atoms with van der Waals surface area (Å²) < 4.78 is 5.79. The summed E-state index contributed by atoms with van der Waals surface area (Å²) in [4.78, 5) is 23.8. The van der Waals surface area contributed by atoms with Crippen molar-refractivity contribution >= 4 is 17.4 Å². The summed E-state index contributed by atoms with van der Waals surface area (Å²) in [6, 6.07) is 11.8. The zero-order valence-electron chi connectivity index (χ0n) is 17.8. The van der Waals surface area contributed by atoms with Gasteiger partial charge in [-0.2, -0.15) is 0 Å². The van der Waals surface area contributed by atoms with E-state index in [1.54, 1.807) is 6.20 Å².